The van der Waals surface area contributed by atoms with E-state index in [1.807, 2.05) is 13.8 Å². The van der Waals surface area contributed by atoms with Crippen molar-refractivity contribution in [2.45, 2.75) is 33.2 Å². The van der Waals surface area contributed by atoms with Crippen molar-refractivity contribution in [3.63, 3.8) is 0 Å². The molecule has 4 heteroatoms. The van der Waals surface area contributed by atoms with E-state index in [0.717, 1.165) is 0 Å². The first-order valence-electron chi connectivity index (χ1n) is 4.33. The van der Waals surface area contributed by atoms with Gasteiger partial charge in [0.15, 0.2) is 0 Å². The number of carboxylic acids is 1. The Bertz CT molecular complexity index is 223. The van der Waals surface area contributed by atoms with Crippen LogP contribution in [0.5, 0.6) is 0 Å². The minimum Gasteiger partial charge on any atom is -0.480 e. The lowest BCUT2D eigenvalue weighted by Gasteiger charge is -2.20. The molecule has 0 aliphatic carbocycles. The van der Waals surface area contributed by atoms with Gasteiger partial charge in [0.2, 0.25) is 5.91 Å². The third-order valence-electron chi connectivity index (χ3n) is 2.41. The fourth-order valence-electron chi connectivity index (χ4n) is 1.82. The van der Waals surface area contributed by atoms with Crippen molar-refractivity contribution in [2.75, 3.05) is 6.54 Å². The summed E-state index contributed by atoms with van der Waals surface area (Å²) in [5.41, 5.74) is -0.0747. The first kappa shape index (κ1) is 10.0. The largest absolute Gasteiger partial charge is 0.480 e. The highest BCUT2D eigenvalue weighted by molar-refractivity contribution is 5.83. The van der Waals surface area contributed by atoms with Gasteiger partial charge in [-0.1, -0.05) is 13.8 Å². The molecular weight excluding hydrogens is 170 g/mol. The number of amides is 1. The number of likely N-dealkylation sites (tertiary alicyclic amines) is 1. The van der Waals surface area contributed by atoms with Crippen LogP contribution in [0.2, 0.25) is 0 Å². The van der Waals surface area contributed by atoms with Crippen molar-refractivity contribution in [3.05, 3.63) is 0 Å². The van der Waals surface area contributed by atoms with Crippen LogP contribution in [0, 0.1) is 5.41 Å². The van der Waals surface area contributed by atoms with E-state index in [-0.39, 0.29) is 11.3 Å². The normalized spacial score (nSPS) is 26.1. The van der Waals surface area contributed by atoms with E-state index in [9.17, 15) is 9.59 Å². The minimum atomic E-state index is -0.902. The van der Waals surface area contributed by atoms with Crippen LogP contribution in [-0.4, -0.2) is 34.5 Å². The number of hydrogen-bond donors (Lipinski definition) is 1. The van der Waals surface area contributed by atoms with Crippen LogP contribution in [0.25, 0.3) is 0 Å². The van der Waals surface area contributed by atoms with Gasteiger partial charge < -0.3 is 10.0 Å². The molecule has 1 fully saturated rings. The van der Waals surface area contributed by atoms with Crippen molar-refractivity contribution in [2.24, 2.45) is 5.41 Å². The Hall–Kier alpha value is -1.06. The molecule has 1 saturated heterocycles. The summed E-state index contributed by atoms with van der Waals surface area (Å²) in [4.78, 5) is 23.4. The summed E-state index contributed by atoms with van der Waals surface area (Å²) >= 11 is 0. The molecule has 0 spiro atoms. The molecule has 0 bridgehead atoms. The Kier molecular flexibility index (Phi) is 2.32. The van der Waals surface area contributed by atoms with Gasteiger partial charge in [0, 0.05) is 13.5 Å². The van der Waals surface area contributed by atoms with E-state index in [1.54, 1.807) is 0 Å². The lowest BCUT2D eigenvalue weighted by Crippen LogP contribution is -2.39. The molecule has 0 aromatic heterocycles. The van der Waals surface area contributed by atoms with Crippen LogP contribution < -0.4 is 0 Å². The molecule has 0 radical (unpaired) electrons. The van der Waals surface area contributed by atoms with Gasteiger partial charge in [-0.25, -0.2) is 4.79 Å². The average Bonchev–Trinajstić information content (AvgIpc) is 2.26. The maximum Gasteiger partial charge on any atom is 0.326 e. The van der Waals surface area contributed by atoms with Crippen molar-refractivity contribution in [1.29, 1.82) is 0 Å². The van der Waals surface area contributed by atoms with Crippen LogP contribution in [0.3, 0.4) is 0 Å². The molecule has 1 aliphatic heterocycles. The number of carboxylic acid groups (broad SMARTS) is 1. The highest BCUT2D eigenvalue weighted by Gasteiger charge is 2.42. The lowest BCUT2D eigenvalue weighted by molar-refractivity contribution is -0.147. The predicted octanol–water partition coefficient (Wildman–Crippen LogP) is 0.718. The predicted molar refractivity (Wildman–Crippen MR) is 47.2 cm³/mol. The molecule has 74 valence electrons. The summed E-state index contributed by atoms with van der Waals surface area (Å²) in [6.45, 7) is 5.91. The summed E-state index contributed by atoms with van der Waals surface area (Å²) in [5, 5.41) is 8.87. The highest BCUT2D eigenvalue weighted by Crippen LogP contribution is 2.33. The van der Waals surface area contributed by atoms with Crippen LogP contribution in [0.15, 0.2) is 0 Å². The van der Waals surface area contributed by atoms with Crippen LogP contribution in [0.1, 0.15) is 27.2 Å². The molecule has 1 atom stereocenters. The molecule has 0 aromatic rings. The fourth-order valence-corrected chi connectivity index (χ4v) is 1.82. The van der Waals surface area contributed by atoms with E-state index in [4.69, 9.17) is 5.11 Å². The van der Waals surface area contributed by atoms with Crippen LogP contribution >= 0.6 is 0 Å². The van der Waals surface area contributed by atoms with Gasteiger partial charge in [0.05, 0.1) is 0 Å². The lowest BCUT2D eigenvalue weighted by atomic mass is 9.91. The van der Waals surface area contributed by atoms with E-state index >= 15 is 0 Å². The minimum absolute atomic E-state index is 0.0747. The van der Waals surface area contributed by atoms with Crippen LogP contribution in [0.4, 0.5) is 0 Å². The maximum absolute atomic E-state index is 11.1. The quantitative estimate of drug-likeness (QED) is 0.654. The van der Waals surface area contributed by atoms with Gasteiger partial charge in [0.1, 0.15) is 6.04 Å². The molecule has 1 amide bonds. The zero-order valence-electron chi connectivity index (χ0n) is 8.20. The summed E-state index contributed by atoms with van der Waals surface area (Å²) in [6.07, 6.45) is 0.544. The van der Waals surface area contributed by atoms with Gasteiger partial charge in [-0.05, 0) is 11.8 Å². The molecule has 1 N–H and O–H groups in total. The topological polar surface area (TPSA) is 57.6 Å². The number of carbonyl (C=O) groups excluding carboxylic acids is 1. The van der Waals surface area contributed by atoms with Gasteiger partial charge in [-0.2, -0.15) is 0 Å². The molecule has 1 aliphatic rings. The van der Waals surface area contributed by atoms with Gasteiger partial charge in [0.25, 0.3) is 0 Å². The highest BCUT2D eigenvalue weighted by atomic mass is 16.4. The Morgan fingerprint density at radius 1 is 1.46 bits per heavy atom. The summed E-state index contributed by atoms with van der Waals surface area (Å²) in [7, 11) is 0. The second-order valence-electron chi connectivity index (χ2n) is 4.37. The zero-order chi connectivity index (χ0) is 10.2. The number of rotatable bonds is 1. The molecule has 1 rings (SSSR count). The van der Waals surface area contributed by atoms with E-state index in [2.05, 4.69) is 0 Å². The van der Waals surface area contributed by atoms with E-state index in [1.165, 1.54) is 11.8 Å². The van der Waals surface area contributed by atoms with Crippen molar-refractivity contribution in [3.8, 4) is 0 Å². The first-order valence-corrected chi connectivity index (χ1v) is 4.33. The molecule has 1 heterocycles. The smallest absolute Gasteiger partial charge is 0.326 e. The Morgan fingerprint density at radius 3 is 2.31 bits per heavy atom. The number of nitrogens with zero attached hydrogens (tertiary/aromatic N) is 1. The number of aliphatic carboxylic acids is 1. The van der Waals surface area contributed by atoms with Gasteiger partial charge in [-0.15, -0.1) is 0 Å². The Labute approximate surface area is 77.5 Å². The third kappa shape index (κ3) is 1.99. The van der Waals surface area contributed by atoms with Gasteiger partial charge >= 0.3 is 5.97 Å². The molecule has 0 unspecified atom stereocenters. The molecule has 0 aromatic carbocycles. The van der Waals surface area contributed by atoms with E-state index in [0.29, 0.717) is 13.0 Å². The third-order valence-corrected chi connectivity index (χ3v) is 2.41. The number of carbonyl (C=O) groups is 2. The fraction of sp³-hybridized carbons (Fsp3) is 0.778. The summed E-state index contributed by atoms with van der Waals surface area (Å²) in [6, 6.07) is -0.632. The standard InChI is InChI=1S/C9H15NO3/c1-6(11)10-5-9(2,3)4-7(10)8(12)13/h7H,4-5H2,1-3H3,(H,12,13)/t7-/m1/s1. The summed E-state index contributed by atoms with van der Waals surface area (Å²) in [5.74, 6) is -1.06. The van der Waals surface area contributed by atoms with Gasteiger partial charge in [-0.3, -0.25) is 4.79 Å². The van der Waals surface area contributed by atoms with Crippen LogP contribution in [-0.2, 0) is 9.59 Å². The number of hydrogen-bond acceptors (Lipinski definition) is 2. The second kappa shape index (κ2) is 3.01. The Balaban J connectivity index is 2.83. The zero-order valence-corrected chi connectivity index (χ0v) is 8.20. The van der Waals surface area contributed by atoms with Crippen molar-refractivity contribution >= 4 is 11.9 Å². The average molecular weight is 185 g/mol. The maximum atomic E-state index is 11.1. The van der Waals surface area contributed by atoms with Crippen molar-refractivity contribution in [1.82, 2.24) is 4.90 Å². The second-order valence-corrected chi connectivity index (χ2v) is 4.37. The molecule has 4 nitrogen and oxygen atoms in total. The SMILES string of the molecule is CC(=O)N1CC(C)(C)C[C@@H]1C(=O)O. The van der Waals surface area contributed by atoms with E-state index < -0.39 is 12.0 Å². The van der Waals surface area contributed by atoms with Crippen molar-refractivity contribution < 1.29 is 14.7 Å². The summed E-state index contributed by atoms with van der Waals surface area (Å²) < 4.78 is 0. The molecule has 13 heavy (non-hydrogen) atoms. The first-order chi connectivity index (χ1) is 5.83. The molecular formula is C9H15NO3. The Morgan fingerprint density at radius 2 is 2.00 bits per heavy atom. The monoisotopic (exact) mass is 185 g/mol. The molecule has 0 saturated carbocycles.